The molecule has 0 aromatic heterocycles. The van der Waals surface area contributed by atoms with E-state index in [0.29, 0.717) is 0 Å². The topological polar surface area (TPSA) is 17.1 Å². The van der Waals surface area contributed by atoms with Gasteiger partial charge in [0.2, 0.25) is 0 Å². The highest BCUT2D eigenvalue weighted by Gasteiger charge is 2.05. The van der Waals surface area contributed by atoms with Gasteiger partial charge < -0.3 is 0 Å². The number of benzene rings is 1. The fourth-order valence-electron chi connectivity index (χ4n) is 1.48. The standard InChI is InChI=1S/C12H16O/c1-4-10-6-7-11(5-2)12(8-10)9(3)13/h6-8H,4-5H2,1-3H3. The zero-order valence-electron chi connectivity index (χ0n) is 8.55. The van der Waals surface area contributed by atoms with Crippen LogP contribution in [0.4, 0.5) is 0 Å². The third kappa shape index (κ3) is 2.18. The van der Waals surface area contributed by atoms with Crippen LogP contribution < -0.4 is 0 Å². The Labute approximate surface area is 79.8 Å². The molecule has 0 saturated carbocycles. The molecule has 0 radical (unpaired) electrons. The molecule has 0 aliphatic carbocycles. The third-order valence-electron chi connectivity index (χ3n) is 2.34. The molecular weight excluding hydrogens is 160 g/mol. The Morgan fingerprint density at radius 1 is 1.23 bits per heavy atom. The smallest absolute Gasteiger partial charge is 0.160 e. The average molecular weight is 176 g/mol. The largest absolute Gasteiger partial charge is 0.295 e. The van der Waals surface area contributed by atoms with Gasteiger partial charge in [-0.2, -0.15) is 0 Å². The van der Waals surface area contributed by atoms with Gasteiger partial charge in [-0.15, -0.1) is 0 Å². The molecule has 0 fully saturated rings. The van der Waals surface area contributed by atoms with E-state index in [9.17, 15) is 4.79 Å². The summed E-state index contributed by atoms with van der Waals surface area (Å²) in [5.41, 5.74) is 3.29. The van der Waals surface area contributed by atoms with Gasteiger partial charge >= 0.3 is 0 Å². The maximum Gasteiger partial charge on any atom is 0.160 e. The Balaban J connectivity index is 3.18. The van der Waals surface area contributed by atoms with Crippen molar-refractivity contribution in [2.45, 2.75) is 33.6 Å². The highest BCUT2D eigenvalue weighted by Crippen LogP contribution is 2.13. The van der Waals surface area contributed by atoms with Crippen molar-refractivity contribution in [1.82, 2.24) is 0 Å². The summed E-state index contributed by atoms with van der Waals surface area (Å²) >= 11 is 0. The van der Waals surface area contributed by atoms with Crippen molar-refractivity contribution in [3.05, 3.63) is 34.9 Å². The van der Waals surface area contributed by atoms with E-state index in [1.54, 1.807) is 6.92 Å². The lowest BCUT2D eigenvalue weighted by molar-refractivity contribution is 0.101. The van der Waals surface area contributed by atoms with Crippen LogP contribution in [-0.2, 0) is 12.8 Å². The summed E-state index contributed by atoms with van der Waals surface area (Å²) in [6.07, 6.45) is 1.92. The Bertz CT molecular complexity index is 313. The van der Waals surface area contributed by atoms with Gasteiger partial charge in [0, 0.05) is 5.56 Å². The van der Waals surface area contributed by atoms with Crippen LogP contribution in [0.3, 0.4) is 0 Å². The molecule has 0 amide bonds. The highest BCUT2D eigenvalue weighted by atomic mass is 16.1. The summed E-state index contributed by atoms with van der Waals surface area (Å²) in [5.74, 6) is 0.173. The van der Waals surface area contributed by atoms with Crippen LogP contribution in [0.2, 0.25) is 0 Å². The van der Waals surface area contributed by atoms with Gasteiger partial charge in [-0.25, -0.2) is 0 Å². The van der Waals surface area contributed by atoms with Crippen molar-refractivity contribution < 1.29 is 4.79 Å². The fraction of sp³-hybridized carbons (Fsp3) is 0.417. The molecule has 70 valence electrons. The molecular formula is C12H16O. The summed E-state index contributed by atoms with van der Waals surface area (Å²) in [7, 11) is 0. The lowest BCUT2D eigenvalue weighted by Gasteiger charge is -2.06. The first kappa shape index (κ1) is 9.97. The monoisotopic (exact) mass is 176 g/mol. The van der Waals surface area contributed by atoms with E-state index in [1.165, 1.54) is 5.56 Å². The predicted molar refractivity (Wildman–Crippen MR) is 55.2 cm³/mol. The molecule has 0 N–H and O–H groups in total. The number of hydrogen-bond donors (Lipinski definition) is 0. The predicted octanol–water partition coefficient (Wildman–Crippen LogP) is 3.01. The lowest BCUT2D eigenvalue weighted by Crippen LogP contribution is -1.99. The summed E-state index contributed by atoms with van der Waals surface area (Å²) in [4.78, 5) is 11.3. The minimum Gasteiger partial charge on any atom is -0.295 e. The second-order valence-electron chi connectivity index (χ2n) is 3.25. The molecule has 1 heteroatoms. The second kappa shape index (κ2) is 4.22. The maximum atomic E-state index is 11.3. The van der Waals surface area contributed by atoms with Crippen molar-refractivity contribution in [2.24, 2.45) is 0 Å². The van der Waals surface area contributed by atoms with Gasteiger partial charge in [-0.3, -0.25) is 4.79 Å². The van der Waals surface area contributed by atoms with Gasteiger partial charge in [-0.05, 0) is 37.0 Å². The normalized spacial score (nSPS) is 10.1. The van der Waals surface area contributed by atoms with E-state index in [1.807, 2.05) is 6.07 Å². The van der Waals surface area contributed by atoms with E-state index < -0.39 is 0 Å². The number of rotatable bonds is 3. The van der Waals surface area contributed by atoms with Crippen molar-refractivity contribution in [3.63, 3.8) is 0 Å². The quantitative estimate of drug-likeness (QED) is 0.647. The third-order valence-corrected chi connectivity index (χ3v) is 2.34. The van der Waals surface area contributed by atoms with Crippen molar-refractivity contribution in [3.8, 4) is 0 Å². The Kier molecular flexibility index (Phi) is 3.24. The number of Topliss-reactive ketones (excluding diaryl/α,β-unsaturated/α-hetero) is 1. The number of hydrogen-bond acceptors (Lipinski definition) is 1. The SMILES string of the molecule is CCc1ccc(CC)c(C(C)=O)c1. The first-order valence-electron chi connectivity index (χ1n) is 4.81. The number of aryl methyl sites for hydroxylation is 2. The first-order valence-corrected chi connectivity index (χ1v) is 4.81. The van der Waals surface area contributed by atoms with Crippen LogP contribution in [0.1, 0.15) is 42.3 Å². The van der Waals surface area contributed by atoms with E-state index in [2.05, 4.69) is 26.0 Å². The molecule has 0 saturated heterocycles. The van der Waals surface area contributed by atoms with Gasteiger partial charge in [0.25, 0.3) is 0 Å². The Morgan fingerprint density at radius 2 is 1.92 bits per heavy atom. The van der Waals surface area contributed by atoms with Crippen LogP contribution in [-0.4, -0.2) is 5.78 Å². The Hall–Kier alpha value is -1.11. The summed E-state index contributed by atoms with van der Waals surface area (Å²) in [6, 6.07) is 6.18. The number of carbonyl (C=O) groups is 1. The number of carbonyl (C=O) groups excluding carboxylic acids is 1. The highest BCUT2D eigenvalue weighted by molar-refractivity contribution is 5.95. The minimum absolute atomic E-state index is 0.173. The van der Waals surface area contributed by atoms with E-state index in [0.717, 1.165) is 24.0 Å². The fourth-order valence-corrected chi connectivity index (χ4v) is 1.48. The van der Waals surface area contributed by atoms with Crippen LogP contribution in [0.15, 0.2) is 18.2 Å². The summed E-state index contributed by atoms with van der Waals surface area (Å²) < 4.78 is 0. The number of ketones is 1. The first-order chi connectivity index (χ1) is 6.19. The molecule has 0 bridgehead atoms. The summed E-state index contributed by atoms with van der Waals surface area (Å²) in [6.45, 7) is 5.81. The molecule has 0 aliphatic heterocycles. The van der Waals surface area contributed by atoms with Gasteiger partial charge in [0.05, 0.1) is 0 Å². The van der Waals surface area contributed by atoms with Crippen LogP contribution in [0, 0.1) is 0 Å². The van der Waals surface area contributed by atoms with E-state index >= 15 is 0 Å². The average Bonchev–Trinajstić information content (AvgIpc) is 2.16. The van der Waals surface area contributed by atoms with Crippen molar-refractivity contribution >= 4 is 5.78 Å². The van der Waals surface area contributed by atoms with Crippen LogP contribution in [0.25, 0.3) is 0 Å². The van der Waals surface area contributed by atoms with Gasteiger partial charge in [0.15, 0.2) is 5.78 Å². The minimum atomic E-state index is 0.173. The van der Waals surface area contributed by atoms with Gasteiger partial charge in [0.1, 0.15) is 0 Å². The van der Waals surface area contributed by atoms with Crippen molar-refractivity contribution in [2.75, 3.05) is 0 Å². The molecule has 1 aromatic rings. The molecule has 0 unspecified atom stereocenters. The second-order valence-corrected chi connectivity index (χ2v) is 3.25. The molecule has 0 heterocycles. The lowest BCUT2D eigenvalue weighted by atomic mass is 9.98. The van der Waals surface area contributed by atoms with Crippen molar-refractivity contribution in [1.29, 1.82) is 0 Å². The maximum absolute atomic E-state index is 11.3. The molecule has 1 aromatic carbocycles. The van der Waals surface area contributed by atoms with Crippen LogP contribution >= 0.6 is 0 Å². The molecule has 0 atom stereocenters. The van der Waals surface area contributed by atoms with E-state index in [-0.39, 0.29) is 5.78 Å². The Morgan fingerprint density at radius 3 is 2.38 bits per heavy atom. The molecule has 1 nitrogen and oxygen atoms in total. The summed E-state index contributed by atoms with van der Waals surface area (Å²) in [5, 5.41) is 0. The molecule has 13 heavy (non-hydrogen) atoms. The zero-order valence-corrected chi connectivity index (χ0v) is 8.55. The van der Waals surface area contributed by atoms with E-state index in [4.69, 9.17) is 0 Å². The molecule has 0 spiro atoms. The van der Waals surface area contributed by atoms with Gasteiger partial charge in [-0.1, -0.05) is 26.0 Å². The van der Waals surface area contributed by atoms with Crippen LogP contribution in [0.5, 0.6) is 0 Å². The zero-order chi connectivity index (χ0) is 9.84. The molecule has 1 rings (SSSR count). The molecule has 0 aliphatic rings.